The fourth-order valence-corrected chi connectivity index (χ4v) is 3.21. The first kappa shape index (κ1) is 23.0. The van der Waals surface area contributed by atoms with Gasteiger partial charge >= 0.3 is 12.1 Å². The van der Waals surface area contributed by atoms with Crippen molar-refractivity contribution < 1.29 is 37.1 Å². The molecule has 0 aliphatic carbocycles. The summed E-state index contributed by atoms with van der Waals surface area (Å²) in [6.45, 7) is 2.72. The summed E-state index contributed by atoms with van der Waals surface area (Å²) in [5, 5.41) is 2.06. The molecule has 3 amide bonds. The number of esters is 1. The fraction of sp³-hybridized carbons (Fsp3) is 0.273. The maximum atomic E-state index is 13.0. The van der Waals surface area contributed by atoms with Gasteiger partial charge in [0.05, 0.1) is 27.9 Å². The molecule has 0 aromatic heterocycles. The monoisotopic (exact) mass is 448 g/mol. The van der Waals surface area contributed by atoms with Gasteiger partial charge < -0.3 is 10.1 Å². The van der Waals surface area contributed by atoms with Gasteiger partial charge in [0, 0.05) is 6.04 Å². The molecule has 0 spiro atoms. The van der Waals surface area contributed by atoms with Gasteiger partial charge in [0.15, 0.2) is 6.61 Å². The van der Waals surface area contributed by atoms with Gasteiger partial charge in [0.2, 0.25) is 0 Å². The number of imide groups is 1. The number of nitrogens with one attached hydrogen (secondary N) is 1. The van der Waals surface area contributed by atoms with Crippen LogP contribution in [0.15, 0.2) is 42.5 Å². The topological polar surface area (TPSA) is 92.8 Å². The van der Waals surface area contributed by atoms with Crippen molar-refractivity contribution in [2.24, 2.45) is 0 Å². The van der Waals surface area contributed by atoms with E-state index in [2.05, 4.69) is 5.32 Å². The van der Waals surface area contributed by atoms with Crippen LogP contribution in [0, 0.1) is 0 Å². The molecule has 1 aliphatic heterocycles. The minimum Gasteiger partial charge on any atom is -0.452 e. The summed E-state index contributed by atoms with van der Waals surface area (Å²) in [5.41, 5.74) is -1.36. The molecule has 10 heteroatoms. The molecule has 1 aliphatic rings. The third kappa shape index (κ3) is 4.48. The van der Waals surface area contributed by atoms with Crippen LogP contribution in [0.4, 0.5) is 18.9 Å². The number of amides is 3. The number of para-hydroxylation sites is 1. The van der Waals surface area contributed by atoms with Gasteiger partial charge in [-0.15, -0.1) is 0 Å². The second-order valence-corrected chi connectivity index (χ2v) is 7.17. The van der Waals surface area contributed by atoms with Crippen LogP contribution in [0.3, 0.4) is 0 Å². The number of hydrogen-bond acceptors (Lipinski definition) is 5. The highest BCUT2D eigenvalue weighted by molar-refractivity contribution is 6.22. The van der Waals surface area contributed by atoms with Gasteiger partial charge in [-0.2, -0.15) is 13.2 Å². The fourth-order valence-electron chi connectivity index (χ4n) is 3.21. The van der Waals surface area contributed by atoms with Crippen molar-refractivity contribution in [2.75, 3.05) is 11.9 Å². The van der Waals surface area contributed by atoms with E-state index in [0.29, 0.717) is 6.42 Å². The molecule has 1 heterocycles. The Morgan fingerprint density at radius 1 is 1.06 bits per heavy atom. The predicted octanol–water partition coefficient (Wildman–Crippen LogP) is 3.90. The van der Waals surface area contributed by atoms with E-state index in [-0.39, 0.29) is 22.7 Å². The Bertz CT molecular complexity index is 1100. The Balaban J connectivity index is 1.68. The highest BCUT2D eigenvalue weighted by Crippen LogP contribution is 2.34. The Labute approximate surface area is 181 Å². The molecular formula is C22H19F3N2O5. The maximum absolute atomic E-state index is 13.0. The molecule has 3 rings (SSSR count). The number of rotatable bonds is 6. The maximum Gasteiger partial charge on any atom is 0.418 e. The van der Waals surface area contributed by atoms with E-state index < -0.39 is 47.7 Å². The number of halogens is 3. The van der Waals surface area contributed by atoms with E-state index in [1.807, 2.05) is 6.92 Å². The highest BCUT2D eigenvalue weighted by atomic mass is 19.4. The largest absolute Gasteiger partial charge is 0.452 e. The number of nitrogens with zero attached hydrogens (tertiary/aromatic N) is 1. The number of carbonyl (C=O) groups is 4. The standard InChI is InChI=1S/C22H19F3N2O5/c1-3-12(2)27-19(29)14-9-8-13(10-15(14)20(27)30)21(31)32-11-18(28)26-17-7-5-4-6-16(17)22(23,24)25/h4-10,12H,3,11H2,1-2H3,(H,26,28). The van der Waals surface area contributed by atoms with Gasteiger partial charge in [-0.1, -0.05) is 19.1 Å². The molecule has 0 fully saturated rings. The van der Waals surface area contributed by atoms with Crippen molar-refractivity contribution in [1.82, 2.24) is 4.90 Å². The van der Waals surface area contributed by atoms with Crippen LogP contribution >= 0.6 is 0 Å². The number of benzene rings is 2. The summed E-state index contributed by atoms with van der Waals surface area (Å²) in [4.78, 5) is 50.4. The number of ether oxygens (including phenoxy) is 1. The zero-order valence-corrected chi connectivity index (χ0v) is 17.2. The van der Waals surface area contributed by atoms with E-state index in [0.717, 1.165) is 17.0 Å². The van der Waals surface area contributed by atoms with Crippen LogP contribution in [0.25, 0.3) is 0 Å². The lowest BCUT2D eigenvalue weighted by atomic mass is 10.1. The molecule has 1 unspecified atom stereocenters. The molecule has 0 bridgehead atoms. The molecule has 2 aromatic carbocycles. The third-order valence-corrected chi connectivity index (χ3v) is 5.03. The van der Waals surface area contributed by atoms with Crippen LogP contribution in [0.1, 0.15) is 56.9 Å². The second-order valence-electron chi connectivity index (χ2n) is 7.17. The summed E-state index contributed by atoms with van der Waals surface area (Å²) in [6, 6.07) is 7.89. The van der Waals surface area contributed by atoms with Gasteiger partial charge in [-0.3, -0.25) is 19.3 Å². The summed E-state index contributed by atoms with van der Waals surface area (Å²) in [6.07, 6.45) is -4.11. The van der Waals surface area contributed by atoms with E-state index in [1.165, 1.54) is 30.3 Å². The lowest BCUT2D eigenvalue weighted by Crippen LogP contribution is -2.37. The molecule has 1 N–H and O–H groups in total. The number of carbonyl (C=O) groups excluding carboxylic acids is 4. The van der Waals surface area contributed by atoms with Gasteiger partial charge in [0.1, 0.15) is 0 Å². The molecule has 2 aromatic rings. The molecule has 1 atom stereocenters. The average Bonchev–Trinajstić information content (AvgIpc) is 3.00. The Morgan fingerprint density at radius 2 is 1.72 bits per heavy atom. The lowest BCUT2D eigenvalue weighted by molar-refractivity contribution is -0.137. The molecular weight excluding hydrogens is 429 g/mol. The highest BCUT2D eigenvalue weighted by Gasteiger charge is 2.38. The smallest absolute Gasteiger partial charge is 0.418 e. The normalized spacial score (nSPS) is 14.2. The third-order valence-electron chi connectivity index (χ3n) is 5.03. The summed E-state index contributed by atoms with van der Waals surface area (Å²) < 4.78 is 43.9. The second kappa shape index (κ2) is 8.81. The van der Waals surface area contributed by atoms with Crippen molar-refractivity contribution in [3.63, 3.8) is 0 Å². The quantitative estimate of drug-likeness (QED) is 0.535. The van der Waals surface area contributed by atoms with Crippen LogP contribution in [0.2, 0.25) is 0 Å². The first-order valence-corrected chi connectivity index (χ1v) is 9.69. The minimum absolute atomic E-state index is 0.0494. The molecule has 7 nitrogen and oxygen atoms in total. The van der Waals surface area contributed by atoms with E-state index in [9.17, 15) is 32.3 Å². The van der Waals surface area contributed by atoms with Gasteiger partial charge in [0.25, 0.3) is 17.7 Å². The van der Waals surface area contributed by atoms with Crippen molar-refractivity contribution in [3.05, 3.63) is 64.7 Å². The Morgan fingerprint density at radius 3 is 2.38 bits per heavy atom. The molecule has 0 saturated carbocycles. The predicted molar refractivity (Wildman–Crippen MR) is 107 cm³/mol. The molecule has 0 radical (unpaired) electrons. The zero-order valence-electron chi connectivity index (χ0n) is 17.2. The Hall–Kier alpha value is -3.69. The van der Waals surface area contributed by atoms with Crippen molar-refractivity contribution in [2.45, 2.75) is 32.5 Å². The lowest BCUT2D eigenvalue weighted by Gasteiger charge is -2.20. The van der Waals surface area contributed by atoms with Crippen LogP contribution < -0.4 is 5.32 Å². The average molecular weight is 448 g/mol. The number of anilines is 1. The van der Waals surface area contributed by atoms with Crippen molar-refractivity contribution >= 4 is 29.4 Å². The van der Waals surface area contributed by atoms with Crippen LogP contribution in [0.5, 0.6) is 0 Å². The zero-order chi connectivity index (χ0) is 23.6. The minimum atomic E-state index is -4.67. The Kier molecular flexibility index (Phi) is 6.33. The van der Waals surface area contributed by atoms with Crippen LogP contribution in [-0.2, 0) is 15.7 Å². The molecule has 168 valence electrons. The molecule has 0 saturated heterocycles. The van der Waals surface area contributed by atoms with Crippen molar-refractivity contribution in [1.29, 1.82) is 0 Å². The first-order valence-electron chi connectivity index (χ1n) is 9.69. The van der Waals surface area contributed by atoms with Crippen molar-refractivity contribution in [3.8, 4) is 0 Å². The number of fused-ring (bicyclic) bond motifs is 1. The SMILES string of the molecule is CCC(C)N1C(=O)c2ccc(C(=O)OCC(=O)Nc3ccccc3C(F)(F)F)cc2C1=O. The van der Waals surface area contributed by atoms with Gasteiger partial charge in [-0.05, 0) is 43.7 Å². The van der Waals surface area contributed by atoms with Gasteiger partial charge in [-0.25, -0.2) is 4.79 Å². The summed E-state index contributed by atoms with van der Waals surface area (Å²) >= 11 is 0. The number of hydrogen-bond donors (Lipinski definition) is 1. The van der Waals surface area contributed by atoms with E-state index in [4.69, 9.17) is 4.74 Å². The summed E-state index contributed by atoms with van der Waals surface area (Å²) in [5.74, 6) is -2.92. The van der Waals surface area contributed by atoms with Crippen LogP contribution in [-0.4, -0.2) is 41.2 Å². The van der Waals surface area contributed by atoms with E-state index >= 15 is 0 Å². The summed E-state index contributed by atoms with van der Waals surface area (Å²) in [7, 11) is 0. The first-order chi connectivity index (χ1) is 15.0. The van der Waals surface area contributed by atoms with E-state index in [1.54, 1.807) is 6.92 Å². The molecule has 32 heavy (non-hydrogen) atoms. The number of alkyl halides is 3.